The van der Waals surface area contributed by atoms with Crippen molar-refractivity contribution in [3.63, 3.8) is 0 Å². The molecule has 0 fully saturated rings. The lowest BCUT2D eigenvalue weighted by Gasteiger charge is -2.34. The third-order valence-corrected chi connectivity index (χ3v) is 7.01. The van der Waals surface area contributed by atoms with Crippen molar-refractivity contribution in [3.05, 3.63) is 80.9 Å². The smallest absolute Gasteiger partial charge is 0.294 e. The monoisotopic (exact) mass is 531 g/mol. The first-order valence-electron chi connectivity index (χ1n) is 10.8. The first-order valence-corrected chi connectivity index (χ1v) is 12.7. The number of carbonyl (C=O) groups is 1. The highest BCUT2D eigenvalue weighted by molar-refractivity contribution is 7.89. The van der Waals surface area contributed by atoms with Crippen LogP contribution in [0.3, 0.4) is 0 Å². The molecule has 0 aliphatic carbocycles. The largest absolute Gasteiger partial charge is 0.400 e. The Morgan fingerprint density at radius 2 is 2.06 bits per heavy atom. The van der Waals surface area contributed by atoms with E-state index < -0.39 is 22.0 Å². The molecule has 1 aliphatic rings. The minimum atomic E-state index is -3.98. The second kappa shape index (κ2) is 9.68. The van der Waals surface area contributed by atoms with Gasteiger partial charge in [0, 0.05) is 34.6 Å². The number of aromatic nitrogens is 4. The molecule has 1 amide bonds. The van der Waals surface area contributed by atoms with E-state index in [1.165, 1.54) is 34.2 Å². The van der Waals surface area contributed by atoms with Gasteiger partial charge in [0.25, 0.3) is 11.5 Å². The molecule has 3 heterocycles. The van der Waals surface area contributed by atoms with E-state index in [1.54, 1.807) is 32.2 Å². The van der Waals surface area contributed by atoms with Crippen LogP contribution in [0.4, 0.5) is 0 Å². The van der Waals surface area contributed by atoms with Gasteiger partial charge in [-0.2, -0.15) is 0 Å². The third kappa shape index (κ3) is 4.80. The van der Waals surface area contributed by atoms with Crippen LogP contribution in [0.5, 0.6) is 0 Å². The molecule has 0 spiro atoms. The summed E-state index contributed by atoms with van der Waals surface area (Å²) in [6.45, 7) is 2.07. The molecular formula is C22H24ClN8O4S+. The molecule has 1 aliphatic heterocycles. The molecule has 0 saturated heterocycles. The Morgan fingerprint density at radius 1 is 1.31 bits per heavy atom. The fraction of sp³-hybridized carbons (Fsp3) is 0.227. The molecule has 1 aromatic carbocycles. The van der Waals surface area contributed by atoms with Crippen molar-refractivity contribution in [1.29, 1.82) is 0 Å². The SMILES string of the molecule is C[NH+]=C(C1=C(N)C(C)N(C(=O)c2ncn(-c3ccc[nH]c3=O)n2)CC1)c1cc(Cl)cc(S(N)(=O)=O)c1. The van der Waals surface area contributed by atoms with E-state index in [9.17, 15) is 18.0 Å². The molecule has 4 rings (SSSR count). The molecule has 0 bridgehead atoms. The van der Waals surface area contributed by atoms with E-state index in [0.29, 0.717) is 35.5 Å². The fourth-order valence-corrected chi connectivity index (χ4v) is 4.96. The minimum Gasteiger partial charge on any atom is -0.400 e. The van der Waals surface area contributed by atoms with Crippen molar-refractivity contribution in [2.75, 3.05) is 13.6 Å². The summed E-state index contributed by atoms with van der Waals surface area (Å²) in [5.41, 5.74) is 8.53. The van der Waals surface area contributed by atoms with Crippen LogP contribution >= 0.6 is 11.6 Å². The lowest BCUT2D eigenvalue weighted by Crippen LogP contribution is -2.69. The summed E-state index contributed by atoms with van der Waals surface area (Å²) in [6.07, 6.45) is 3.16. The number of rotatable bonds is 5. The van der Waals surface area contributed by atoms with Crippen LogP contribution in [0.1, 0.15) is 29.5 Å². The van der Waals surface area contributed by atoms with Crippen LogP contribution < -0.4 is 21.4 Å². The van der Waals surface area contributed by atoms with Gasteiger partial charge >= 0.3 is 0 Å². The second-order valence-electron chi connectivity index (χ2n) is 8.10. The zero-order valence-electron chi connectivity index (χ0n) is 19.4. The standard InChI is InChI=1S/C22H23ClN8O4S/c1-12-18(24)16(19(26-2)13-8-14(23)10-15(9-13)36(25,34)35)5-7-30(12)22(33)20-28-11-31(29-20)17-4-3-6-27-21(17)32/h3-4,6,8-12H,5,7,24H2,1-2H3,(H,27,32)(H2,25,34,35)/p+1. The van der Waals surface area contributed by atoms with Crippen molar-refractivity contribution >= 4 is 33.2 Å². The molecule has 6 N–H and O–H groups in total. The Labute approximate surface area is 211 Å². The van der Waals surface area contributed by atoms with Gasteiger partial charge in [-0.05, 0) is 43.7 Å². The topological polar surface area (TPSA) is 184 Å². The van der Waals surface area contributed by atoms with Crippen LogP contribution in [-0.2, 0) is 10.0 Å². The number of H-pyrrole nitrogens is 1. The van der Waals surface area contributed by atoms with E-state index in [1.807, 2.05) is 0 Å². The second-order valence-corrected chi connectivity index (χ2v) is 10.1. The molecule has 3 aromatic rings. The summed E-state index contributed by atoms with van der Waals surface area (Å²) in [7, 11) is -2.30. The first kappa shape index (κ1) is 25.3. The Bertz CT molecular complexity index is 1570. The van der Waals surface area contributed by atoms with Gasteiger partial charge in [0.15, 0.2) is 0 Å². The number of sulfonamides is 1. The number of hydrogen-bond donors (Lipinski definition) is 4. The van der Waals surface area contributed by atoms with E-state index in [0.717, 1.165) is 0 Å². The predicted molar refractivity (Wildman–Crippen MR) is 132 cm³/mol. The molecular weight excluding hydrogens is 508 g/mol. The van der Waals surface area contributed by atoms with Gasteiger partial charge in [-0.3, -0.25) is 9.59 Å². The maximum absolute atomic E-state index is 13.2. The predicted octanol–water partition coefficient (Wildman–Crippen LogP) is -1.10. The zero-order chi connectivity index (χ0) is 26.2. The maximum Gasteiger partial charge on any atom is 0.294 e. The summed E-state index contributed by atoms with van der Waals surface area (Å²) in [5, 5.41) is 9.66. The van der Waals surface area contributed by atoms with Gasteiger partial charge in [0.1, 0.15) is 19.1 Å². The number of halogens is 1. The van der Waals surface area contributed by atoms with Crippen molar-refractivity contribution in [1.82, 2.24) is 24.6 Å². The number of nitrogens with one attached hydrogen (secondary N) is 2. The number of hydrogen-bond acceptors (Lipinski definition) is 7. The van der Waals surface area contributed by atoms with Gasteiger partial charge in [0.2, 0.25) is 21.6 Å². The highest BCUT2D eigenvalue weighted by Gasteiger charge is 2.34. The molecule has 188 valence electrons. The van der Waals surface area contributed by atoms with E-state index in [4.69, 9.17) is 22.5 Å². The summed E-state index contributed by atoms with van der Waals surface area (Å²) in [5.74, 6) is -0.521. The Kier molecular flexibility index (Phi) is 6.80. The number of aromatic amines is 1. The maximum atomic E-state index is 13.2. The van der Waals surface area contributed by atoms with Gasteiger partial charge < -0.3 is 15.6 Å². The van der Waals surface area contributed by atoms with Crippen molar-refractivity contribution < 1.29 is 18.2 Å². The van der Waals surface area contributed by atoms with Gasteiger partial charge in [0.05, 0.1) is 10.9 Å². The average molecular weight is 532 g/mol. The van der Waals surface area contributed by atoms with Crippen molar-refractivity contribution in [2.45, 2.75) is 24.3 Å². The van der Waals surface area contributed by atoms with Crippen LogP contribution in [-0.4, -0.2) is 64.3 Å². The van der Waals surface area contributed by atoms with Crippen molar-refractivity contribution in [2.24, 2.45) is 10.9 Å². The number of amides is 1. The number of benzene rings is 1. The molecule has 0 saturated carbocycles. The summed E-state index contributed by atoms with van der Waals surface area (Å²) in [4.78, 5) is 36.3. The number of nitrogens with two attached hydrogens (primary N) is 2. The number of primary sulfonamides is 1. The molecule has 0 radical (unpaired) electrons. The number of nitrogens with zero attached hydrogens (tertiary/aromatic N) is 4. The lowest BCUT2D eigenvalue weighted by atomic mass is 9.92. The van der Waals surface area contributed by atoms with Crippen LogP contribution in [0, 0.1) is 0 Å². The van der Waals surface area contributed by atoms with E-state index in [2.05, 4.69) is 20.1 Å². The molecule has 12 nitrogen and oxygen atoms in total. The van der Waals surface area contributed by atoms with Crippen LogP contribution in [0.25, 0.3) is 5.69 Å². The fourth-order valence-electron chi connectivity index (χ4n) is 4.08. The van der Waals surface area contributed by atoms with E-state index in [-0.39, 0.29) is 27.0 Å². The average Bonchev–Trinajstić information content (AvgIpc) is 3.31. The zero-order valence-corrected chi connectivity index (χ0v) is 21.0. The quantitative estimate of drug-likeness (QED) is 0.301. The van der Waals surface area contributed by atoms with Gasteiger partial charge in [-0.25, -0.2) is 28.2 Å². The minimum absolute atomic E-state index is 0.0770. The summed E-state index contributed by atoms with van der Waals surface area (Å²) >= 11 is 6.15. The number of carbonyl (C=O) groups excluding carboxylic acids is 1. The lowest BCUT2D eigenvalue weighted by molar-refractivity contribution is -0.418. The number of pyridine rings is 1. The van der Waals surface area contributed by atoms with Gasteiger partial charge in [-0.15, -0.1) is 5.10 Å². The van der Waals surface area contributed by atoms with Crippen LogP contribution in [0.15, 0.2) is 63.8 Å². The Hall–Kier alpha value is -3.81. The first-order chi connectivity index (χ1) is 17.0. The molecule has 2 aromatic heterocycles. The highest BCUT2D eigenvalue weighted by atomic mass is 35.5. The van der Waals surface area contributed by atoms with Crippen LogP contribution in [0.2, 0.25) is 5.02 Å². The molecule has 1 unspecified atom stereocenters. The summed E-state index contributed by atoms with van der Waals surface area (Å²) < 4.78 is 25.0. The Balaban J connectivity index is 1.63. The highest BCUT2D eigenvalue weighted by Crippen LogP contribution is 2.26. The van der Waals surface area contributed by atoms with E-state index >= 15 is 0 Å². The molecule has 36 heavy (non-hydrogen) atoms. The molecule has 14 heteroatoms. The van der Waals surface area contributed by atoms with Gasteiger partial charge in [-0.1, -0.05) is 11.6 Å². The third-order valence-electron chi connectivity index (χ3n) is 5.90. The normalized spacial score (nSPS) is 16.9. The van der Waals surface area contributed by atoms with Crippen molar-refractivity contribution in [3.8, 4) is 5.69 Å². The molecule has 1 atom stereocenters. The summed E-state index contributed by atoms with van der Waals surface area (Å²) in [6, 6.07) is 6.97. The Morgan fingerprint density at radius 3 is 2.72 bits per heavy atom.